The van der Waals surface area contributed by atoms with Gasteiger partial charge in [0.25, 0.3) is 5.91 Å². The maximum atomic E-state index is 12.3. The zero-order valence-electron chi connectivity index (χ0n) is 11.6. The van der Waals surface area contributed by atoms with Gasteiger partial charge in [-0.25, -0.2) is 0 Å². The van der Waals surface area contributed by atoms with Crippen LogP contribution < -0.4 is 9.47 Å². The number of aromatic amines is 1. The third-order valence-electron chi connectivity index (χ3n) is 3.25. The summed E-state index contributed by atoms with van der Waals surface area (Å²) in [6.07, 6.45) is 1.74. The molecule has 1 aromatic carbocycles. The van der Waals surface area contributed by atoms with Crippen LogP contribution in [0.3, 0.4) is 0 Å². The van der Waals surface area contributed by atoms with Crippen LogP contribution in [0.15, 0.2) is 34.9 Å². The van der Waals surface area contributed by atoms with Gasteiger partial charge >= 0.3 is 0 Å². The minimum Gasteiger partial charge on any atom is -0.486 e. The van der Waals surface area contributed by atoms with Gasteiger partial charge in [-0.1, -0.05) is 6.07 Å². The summed E-state index contributed by atoms with van der Waals surface area (Å²) in [6, 6.07) is 7.51. The number of hydrogen-bond donors (Lipinski definition) is 1. The predicted molar refractivity (Wildman–Crippen MR) is 81.7 cm³/mol. The molecule has 5 nitrogen and oxygen atoms in total. The van der Waals surface area contributed by atoms with Crippen LogP contribution in [-0.4, -0.2) is 36.1 Å². The van der Waals surface area contributed by atoms with Crippen molar-refractivity contribution in [1.82, 2.24) is 9.88 Å². The van der Waals surface area contributed by atoms with Crippen LogP contribution in [0, 0.1) is 0 Å². The lowest BCUT2D eigenvalue weighted by atomic mass is 10.2. The molecule has 0 bridgehead atoms. The molecule has 6 heteroatoms. The summed E-state index contributed by atoms with van der Waals surface area (Å²) in [6.45, 7) is 1.64. The topological polar surface area (TPSA) is 54.6 Å². The Morgan fingerprint density at radius 3 is 2.76 bits per heavy atom. The second kappa shape index (κ2) is 5.81. The van der Waals surface area contributed by atoms with Gasteiger partial charge in [0.1, 0.15) is 18.9 Å². The fraction of sp³-hybridized carbons (Fsp3) is 0.267. The van der Waals surface area contributed by atoms with Crippen molar-refractivity contribution in [2.75, 3.05) is 20.3 Å². The average Bonchev–Trinajstić information content (AvgIpc) is 2.93. The number of aromatic nitrogens is 1. The van der Waals surface area contributed by atoms with E-state index in [4.69, 9.17) is 9.47 Å². The molecule has 0 fully saturated rings. The van der Waals surface area contributed by atoms with E-state index in [2.05, 4.69) is 20.9 Å². The Morgan fingerprint density at radius 2 is 2.05 bits per heavy atom. The molecule has 0 atom stereocenters. The SMILES string of the molecule is CN(Cc1ccc2c(c1)OCCO2)C(=O)c1cc(Br)c[nH]1. The molecule has 110 valence electrons. The highest BCUT2D eigenvalue weighted by atomic mass is 79.9. The van der Waals surface area contributed by atoms with Gasteiger partial charge in [-0.15, -0.1) is 0 Å². The van der Waals surface area contributed by atoms with E-state index in [0.29, 0.717) is 25.5 Å². The van der Waals surface area contributed by atoms with E-state index >= 15 is 0 Å². The Morgan fingerprint density at radius 1 is 1.29 bits per heavy atom. The van der Waals surface area contributed by atoms with Crippen molar-refractivity contribution >= 4 is 21.8 Å². The molecule has 0 aliphatic carbocycles. The molecule has 2 aromatic rings. The zero-order valence-corrected chi connectivity index (χ0v) is 13.1. The number of carbonyl (C=O) groups excluding carboxylic acids is 1. The third kappa shape index (κ3) is 3.05. The first-order valence-corrected chi connectivity index (χ1v) is 7.41. The first-order chi connectivity index (χ1) is 10.1. The standard InChI is InChI=1S/C15H15BrN2O3/c1-18(15(19)12-7-11(16)8-17-12)9-10-2-3-13-14(6-10)21-5-4-20-13/h2-3,6-8,17H,4-5,9H2,1H3. The van der Waals surface area contributed by atoms with Crippen molar-refractivity contribution in [1.29, 1.82) is 0 Å². The predicted octanol–water partition coefficient (Wildman–Crippen LogP) is 2.82. The minimum atomic E-state index is -0.0596. The molecule has 21 heavy (non-hydrogen) atoms. The molecule has 3 rings (SSSR count). The van der Waals surface area contributed by atoms with Crippen LogP contribution in [0.5, 0.6) is 11.5 Å². The summed E-state index contributed by atoms with van der Waals surface area (Å²) >= 11 is 3.33. The molecular weight excluding hydrogens is 336 g/mol. The number of hydrogen-bond acceptors (Lipinski definition) is 3. The Bertz CT molecular complexity index is 669. The van der Waals surface area contributed by atoms with Gasteiger partial charge in [-0.3, -0.25) is 4.79 Å². The van der Waals surface area contributed by atoms with E-state index < -0.39 is 0 Å². The number of ether oxygens (including phenoxy) is 2. The minimum absolute atomic E-state index is 0.0596. The van der Waals surface area contributed by atoms with E-state index in [-0.39, 0.29) is 5.91 Å². The van der Waals surface area contributed by atoms with Gasteiger partial charge in [-0.05, 0) is 39.7 Å². The van der Waals surface area contributed by atoms with Crippen LogP contribution in [-0.2, 0) is 6.54 Å². The Balaban J connectivity index is 1.72. The quantitative estimate of drug-likeness (QED) is 0.925. The van der Waals surface area contributed by atoms with Crippen molar-refractivity contribution in [3.05, 3.63) is 46.2 Å². The molecule has 0 saturated carbocycles. The van der Waals surface area contributed by atoms with Gasteiger partial charge in [0.2, 0.25) is 0 Å². The number of carbonyl (C=O) groups is 1. The van der Waals surface area contributed by atoms with Crippen molar-refractivity contribution in [2.24, 2.45) is 0 Å². The Hall–Kier alpha value is -1.95. The average molecular weight is 351 g/mol. The van der Waals surface area contributed by atoms with E-state index in [1.807, 2.05) is 18.2 Å². The largest absolute Gasteiger partial charge is 0.486 e. The fourth-order valence-electron chi connectivity index (χ4n) is 2.23. The van der Waals surface area contributed by atoms with Crippen LogP contribution >= 0.6 is 15.9 Å². The molecule has 0 saturated heterocycles. The maximum Gasteiger partial charge on any atom is 0.270 e. The Labute approximate surface area is 131 Å². The van der Waals surface area contributed by atoms with E-state index in [1.165, 1.54) is 0 Å². The lowest BCUT2D eigenvalue weighted by Gasteiger charge is -2.21. The molecule has 1 amide bonds. The van der Waals surface area contributed by atoms with E-state index in [0.717, 1.165) is 21.5 Å². The number of H-pyrrole nitrogens is 1. The summed E-state index contributed by atoms with van der Waals surface area (Å²) in [5, 5.41) is 0. The highest BCUT2D eigenvalue weighted by Crippen LogP contribution is 2.31. The molecule has 2 heterocycles. The molecule has 0 spiro atoms. The van der Waals surface area contributed by atoms with Gasteiger partial charge in [0.05, 0.1) is 0 Å². The van der Waals surface area contributed by atoms with E-state index in [9.17, 15) is 4.79 Å². The number of rotatable bonds is 3. The highest BCUT2D eigenvalue weighted by molar-refractivity contribution is 9.10. The second-order valence-electron chi connectivity index (χ2n) is 4.87. The third-order valence-corrected chi connectivity index (χ3v) is 3.71. The van der Waals surface area contributed by atoms with Crippen LogP contribution in [0.2, 0.25) is 0 Å². The second-order valence-corrected chi connectivity index (χ2v) is 5.79. The summed E-state index contributed by atoms with van der Waals surface area (Å²) < 4.78 is 11.9. The summed E-state index contributed by atoms with van der Waals surface area (Å²) in [5.41, 5.74) is 1.56. The molecular formula is C15H15BrN2O3. The molecule has 1 aromatic heterocycles. The fourth-order valence-corrected chi connectivity index (χ4v) is 2.57. The molecule has 1 N–H and O–H groups in total. The number of amides is 1. The maximum absolute atomic E-state index is 12.3. The summed E-state index contributed by atoms with van der Waals surface area (Å²) in [4.78, 5) is 16.9. The normalized spacial score (nSPS) is 13.0. The molecule has 0 unspecified atom stereocenters. The van der Waals surface area contributed by atoms with Gasteiger partial charge in [-0.2, -0.15) is 0 Å². The number of nitrogens with zero attached hydrogens (tertiary/aromatic N) is 1. The smallest absolute Gasteiger partial charge is 0.270 e. The van der Waals surface area contributed by atoms with Crippen LogP contribution in [0.25, 0.3) is 0 Å². The summed E-state index contributed by atoms with van der Waals surface area (Å²) in [5.74, 6) is 1.44. The first kappa shape index (κ1) is 14.0. The Kier molecular flexibility index (Phi) is 3.88. The summed E-state index contributed by atoms with van der Waals surface area (Å²) in [7, 11) is 1.77. The lowest BCUT2D eigenvalue weighted by molar-refractivity contribution is 0.0779. The highest BCUT2D eigenvalue weighted by Gasteiger charge is 2.16. The van der Waals surface area contributed by atoms with Crippen molar-refractivity contribution in [3.63, 3.8) is 0 Å². The van der Waals surface area contributed by atoms with Crippen molar-refractivity contribution < 1.29 is 14.3 Å². The van der Waals surface area contributed by atoms with Crippen molar-refractivity contribution in [2.45, 2.75) is 6.54 Å². The van der Waals surface area contributed by atoms with Gasteiger partial charge in [0.15, 0.2) is 11.5 Å². The molecule has 1 aliphatic rings. The van der Waals surface area contributed by atoms with Crippen molar-refractivity contribution in [3.8, 4) is 11.5 Å². The number of halogens is 1. The van der Waals surface area contributed by atoms with Crippen LogP contribution in [0.1, 0.15) is 16.1 Å². The zero-order chi connectivity index (χ0) is 14.8. The molecule has 1 aliphatic heterocycles. The number of benzene rings is 1. The number of fused-ring (bicyclic) bond motifs is 1. The lowest BCUT2D eigenvalue weighted by Crippen LogP contribution is -2.26. The van der Waals surface area contributed by atoms with E-state index in [1.54, 1.807) is 24.2 Å². The van der Waals surface area contributed by atoms with Gasteiger partial charge < -0.3 is 19.4 Å². The van der Waals surface area contributed by atoms with Gasteiger partial charge in [0, 0.05) is 24.3 Å². The van der Waals surface area contributed by atoms with Crippen LogP contribution in [0.4, 0.5) is 0 Å². The first-order valence-electron chi connectivity index (χ1n) is 6.61. The number of nitrogens with one attached hydrogen (secondary N) is 1. The monoisotopic (exact) mass is 350 g/mol. The molecule has 0 radical (unpaired) electrons.